The first-order valence-electron chi connectivity index (χ1n) is 12.1. The molecule has 0 saturated carbocycles. The van der Waals surface area contributed by atoms with E-state index in [9.17, 15) is 19.5 Å². The number of hydrogen-bond acceptors (Lipinski definition) is 6. The molecule has 1 aliphatic rings. The number of hydrogen-bond donors (Lipinski definition) is 2. The second kappa shape index (κ2) is 10.7. The molecule has 0 spiro atoms. The van der Waals surface area contributed by atoms with Crippen LogP contribution in [0, 0.1) is 17.8 Å². The number of nitrogens with one attached hydrogen (secondary N) is 1. The second-order valence-electron chi connectivity index (χ2n) is 8.87. The quantitative estimate of drug-likeness (QED) is 0.465. The Labute approximate surface area is 202 Å². The van der Waals surface area contributed by atoms with Crippen LogP contribution in [0.25, 0.3) is 22.6 Å². The lowest BCUT2D eigenvalue weighted by molar-refractivity contribution is -0.143. The highest BCUT2D eigenvalue weighted by atomic mass is 16.4. The zero-order valence-corrected chi connectivity index (χ0v) is 20.2. The predicted octanol–water partition coefficient (Wildman–Crippen LogP) is 1.37. The van der Waals surface area contributed by atoms with E-state index in [-0.39, 0.29) is 17.2 Å². The van der Waals surface area contributed by atoms with Gasteiger partial charge in [-0.15, -0.1) is 0 Å². The maximum absolute atomic E-state index is 12.9. The van der Waals surface area contributed by atoms with Crippen LogP contribution in [0.4, 0.5) is 0 Å². The van der Waals surface area contributed by atoms with Crippen molar-refractivity contribution in [3.8, 4) is 23.2 Å². The minimum atomic E-state index is -0.742. The van der Waals surface area contributed by atoms with Crippen molar-refractivity contribution in [3.63, 3.8) is 0 Å². The average molecular weight is 482 g/mol. The lowest BCUT2D eigenvalue weighted by atomic mass is 9.98. The molecule has 186 valence electrons. The number of aromatic nitrogens is 6. The predicted molar refractivity (Wildman–Crippen MR) is 131 cm³/mol. The van der Waals surface area contributed by atoms with Crippen LogP contribution in [-0.2, 0) is 24.4 Å². The summed E-state index contributed by atoms with van der Waals surface area (Å²) >= 11 is 0. The number of nitrogens with zero attached hydrogens (tertiary/aromatic N) is 6. The Bertz CT molecular complexity index is 1380. The van der Waals surface area contributed by atoms with Crippen LogP contribution in [0.15, 0.2) is 22.0 Å². The summed E-state index contributed by atoms with van der Waals surface area (Å²) < 4.78 is 4.50. The van der Waals surface area contributed by atoms with Gasteiger partial charge in [0.25, 0.3) is 5.56 Å². The minimum absolute atomic E-state index is 0.315. The Hall–Kier alpha value is -3.65. The molecule has 11 nitrogen and oxygen atoms in total. The van der Waals surface area contributed by atoms with Crippen molar-refractivity contribution in [2.24, 2.45) is 5.92 Å². The number of imidazole rings is 1. The molecule has 1 fully saturated rings. The van der Waals surface area contributed by atoms with Crippen LogP contribution in [-0.4, -0.2) is 64.5 Å². The third-order valence-electron chi connectivity index (χ3n) is 6.19. The molecule has 3 aromatic heterocycles. The molecule has 1 unspecified atom stereocenters. The van der Waals surface area contributed by atoms with E-state index in [2.05, 4.69) is 31.8 Å². The number of aromatic amines is 1. The van der Waals surface area contributed by atoms with E-state index in [0.29, 0.717) is 61.7 Å². The molecule has 1 saturated heterocycles. The molecular weight excluding hydrogens is 450 g/mol. The van der Waals surface area contributed by atoms with Crippen molar-refractivity contribution < 1.29 is 9.90 Å². The molecule has 2 N–H and O–H groups in total. The summed E-state index contributed by atoms with van der Waals surface area (Å²) in [6.45, 7) is 7.03. The van der Waals surface area contributed by atoms with Crippen LogP contribution < -0.4 is 11.2 Å². The first-order valence-corrected chi connectivity index (χ1v) is 12.1. The molecule has 0 amide bonds. The van der Waals surface area contributed by atoms with Gasteiger partial charge in [-0.1, -0.05) is 25.7 Å². The number of aryl methyl sites for hydroxylation is 1. The van der Waals surface area contributed by atoms with Crippen molar-refractivity contribution in [1.29, 1.82) is 0 Å². The van der Waals surface area contributed by atoms with E-state index in [1.54, 1.807) is 21.6 Å². The van der Waals surface area contributed by atoms with Gasteiger partial charge in [-0.25, -0.2) is 9.78 Å². The van der Waals surface area contributed by atoms with Gasteiger partial charge >= 0.3 is 11.7 Å². The van der Waals surface area contributed by atoms with Crippen LogP contribution >= 0.6 is 0 Å². The summed E-state index contributed by atoms with van der Waals surface area (Å²) in [6.07, 6.45) is 6.45. The molecular formula is C24H31N7O4. The highest BCUT2D eigenvalue weighted by molar-refractivity contribution is 5.75. The number of likely N-dealkylation sites (tertiary alicyclic amines) is 1. The maximum Gasteiger partial charge on any atom is 0.332 e. The number of carbonyl (C=O) groups is 1. The molecule has 1 aliphatic heterocycles. The molecule has 35 heavy (non-hydrogen) atoms. The Kier molecular flexibility index (Phi) is 7.51. The van der Waals surface area contributed by atoms with Crippen LogP contribution in [0.2, 0.25) is 0 Å². The van der Waals surface area contributed by atoms with Gasteiger partial charge in [-0.2, -0.15) is 5.10 Å². The Morgan fingerprint density at radius 1 is 1.17 bits per heavy atom. The number of H-pyrrole nitrogens is 1. The van der Waals surface area contributed by atoms with Crippen molar-refractivity contribution in [2.75, 3.05) is 19.6 Å². The number of carboxylic acids is 1. The van der Waals surface area contributed by atoms with E-state index in [4.69, 9.17) is 0 Å². The van der Waals surface area contributed by atoms with Gasteiger partial charge in [-0.3, -0.25) is 28.3 Å². The molecule has 0 radical (unpaired) electrons. The van der Waals surface area contributed by atoms with Crippen LogP contribution in [0.5, 0.6) is 0 Å². The molecule has 3 aromatic rings. The Balaban J connectivity index is 1.51. The average Bonchev–Trinajstić information content (AvgIpc) is 3.50. The summed E-state index contributed by atoms with van der Waals surface area (Å²) in [5.41, 5.74) is 0.672. The maximum atomic E-state index is 12.9. The molecule has 1 atom stereocenters. The smallest absolute Gasteiger partial charge is 0.332 e. The van der Waals surface area contributed by atoms with Crippen LogP contribution in [0.1, 0.15) is 39.5 Å². The summed E-state index contributed by atoms with van der Waals surface area (Å²) in [5, 5.41) is 13.5. The fourth-order valence-electron chi connectivity index (χ4n) is 4.43. The molecule has 4 heterocycles. The molecule has 0 aliphatic carbocycles. The largest absolute Gasteiger partial charge is 0.481 e. The highest BCUT2D eigenvalue weighted by Gasteiger charge is 2.24. The Morgan fingerprint density at radius 3 is 2.66 bits per heavy atom. The summed E-state index contributed by atoms with van der Waals surface area (Å²) in [6, 6.07) is 0. The number of piperidine rings is 1. The minimum Gasteiger partial charge on any atom is -0.481 e. The van der Waals surface area contributed by atoms with E-state index in [1.165, 1.54) is 4.57 Å². The number of aliphatic carboxylic acids is 1. The van der Waals surface area contributed by atoms with Crippen molar-refractivity contribution in [2.45, 2.75) is 59.2 Å². The number of rotatable bonds is 8. The van der Waals surface area contributed by atoms with Gasteiger partial charge in [0.05, 0.1) is 24.2 Å². The first kappa shape index (κ1) is 24.5. The summed E-state index contributed by atoms with van der Waals surface area (Å²) in [5.74, 6) is 5.60. The van der Waals surface area contributed by atoms with Gasteiger partial charge in [0, 0.05) is 25.8 Å². The first-order chi connectivity index (χ1) is 16.9. The van der Waals surface area contributed by atoms with Crippen molar-refractivity contribution in [3.05, 3.63) is 33.2 Å². The fourth-order valence-corrected chi connectivity index (χ4v) is 4.43. The molecule has 0 bridgehead atoms. The van der Waals surface area contributed by atoms with E-state index < -0.39 is 5.97 Å². The summed E-state index contributed by atoms with van der Waals surface area (Å²) in [7, 11) is 0. The van der Waals surface area contributed by atoms with Crippen LogP contribution in [0.3, 0.4) is 0 Å². The molecule has 11 heteroatoms. The highest BCUT2D eigenvalue weighted by Crippen LogP contribution is 2.18. The zero-order chi connectivity index (χ0) is 24.9. The lowest BCUT2D eigenvalue weighted by Crippen LogP contribution is -2.40. The van der Waals surface area contributed by atoms with E-state index >= 15 is 0 Å². The van der Waals surface area contributed by atoms with Crippen molar-refractivity contribution in [1.82, 2.24) is 33.8 Å². The second-order valence-corrected chi connectivity index (χ2v) is 8.87. The van der Waals surface area contributed by atoms with Gasteiger partial charge in [0.1, 0.15) is 17.9 Å². The van der Waals surface area contributed by atoms with Crippen molar-refractivity contribution >= 4 is 17.1 Å². The number of fused-ring (bicyclic) bond motifs is 1. The normalized spacial score (nSPS) is 16.3. The monoisotopic (exact) mass is 481 g/mol. The van der Waals surface area contributed by atoms with Gasteiger partial charge in [0.15, 0.2) is 5.65 Å². The third-order valence-corrected chi connectivity index (χ3v) is 6.19. The molecule has 0 aromatic carbocycles. The summed E-state index contributed by atoms with van der Waals surface area (Å²) in [4.78, 5) is 46.7. The zero-order valence-electron chi connectivity index (χ0n) is 20.2. The van der Waals surface area contributed by atoms with E-state index in [0.717, 1.165) is 25.8 Å². The lowest BCUT2D eigenvalue weighted by Gasteiger charge is -2.28. The van der Waals surface area contributed by atoms with Gasteiger partial charge in [0.2, 0.25) is 0 Å². The topological polar surface area (TPSA) is 131 Å². The fraction of sp³-hybridized carbons (Fsp3) is 0.542. The standard InChI is InChI=1S/C24H31N7O4/c1-3-9-30-21-19(22(32)31(10-4-2)24(30)35)26-20(27-21)18-14-25-29(16-18)13-6-5-11-28-12-7-8-17(15-28)23(33)34/h14,16-17H,3-4,7-13,15H2,1-2H3,(H,26,27)(H,33,34). The van der Waals surface area contributed by atoms with E-state index in [1.807, 2.05) is 13.8 Å². The SMILES string of the molecule is CCCn1c(=O)c2[nH]c(-c3cnn(CC#CCN4CCCC(C(=O)O)C4)c3)nc2n(CCC)c1=O. The van der Waals surface area contributed by atoms with Gasteiger partial charge in [-0.05, 0) is 32.2 Å². The third kappa shape index (κ3) is 5.22. The van der Waals surface area contributed by atoms with Gasteiger partial charge < -0.3 is 10.1 Å². The Morgan fingerprint density at radius 2 is 1.91 bits per heavy atom. The number of carboxylic acid groups (broad SMARTS) is 1. The molecule has 4 rings (SSSR count).